The first-order valence-electron chi connectivity index (χ1n) is 15.2. The molecule has 0 aromatic carbocycles. The molecule has 54 heavy (non-hydrogen) atoms. The van der Waals surface area contributed by atoms with Gasteiger partial charge in [-0.2, -0.15) is 4.31 Å². The van der Waals surface area contributed by atoms with Crippen molar-refractivity contribution in [3.8, 4) is 0 Å². The molecule has 11 N–H and O–H groups in total. The van der Waals surface area contributed by atoms with Crippen molar-refractivity contribution >= 4 is 64.3 Å². The van der Waals surface area contributed by atoms with E-state index in [4.69, 9.17) is 29.0 Å². The Balaban J connectivity index is 1.50. The highest BCUT2D eigenvalue weighted by Gasteiger charge is 2.50. The van der Waals surface area contributed by atoms with E-state index in [1.165, 1.54) is 13.8 Å². The highest BCUT2D eigenvalue weighted by Crippen LogP contribution is 2.61. The number of nitrogens with one attached hydrogen (secondary N) is 2. The number of hydrogen-bond donors (Lipinski definition) is 10. The first kappa shape index (κ1) is 45.7. The van der Waals surface area contributed by atoms with E-state index in [0.29, 0.717) is 5.75 Å². The number of aliphatic hydroxyl groups excluding tert-OH is 2. The lowest BCUT2D eigenvalue weighted by Gasteiger charge is -2.30. The molecule has 4 unspecified atom stereocenters. The second-order valence-electron chi connectivity index (χ2n) is 11.8. The molecule has 26 nitrogen and oxygen atoms in total. The topological polar surface area (TPSA) is 385 Å². The molecule has 3 rings (SSSR count). The number of aliphatic hydroxyl groups is 2. The van der Waals surface area contributed by atoms with Gasteiger partial charge in [-0.15, -0.1) is 0 Å². The van der Waals surface area contributed by atoms with Crippen LogP contribution in [0.5, 0.6) is 0 Å². The molecule has 3 heterocycles. The lowest BCUT2D eigenvalue weighted by Crippen LogP contribution is -2.46. The predicted octanol–water partition coefficient (Wildman–Crippen LogP) is -0.927. The van der Waals surface area contributed by atoms with Gasteiger partial charge < -0.3 is 60.0 Å². The molecular formula is C24H40N7O19P3S. The zero-order valence-corrected chi connectivity index (χ0v) is 31.8. The molecule has 30 heteroatoms. The summed E-state index contributed by atoms with van der Waals surface area (Å²) in [6, 6.07) is 0. The van der Waals surface area contributed by atoms with Crippen LogP contribution in [0.3, 0.4) is 0 Å². The summed E-state index contributed by atoms with van der Waals surface area (Å²) in [6.07, 6.45) is -6.94. The molecule has 1 saturated heterocycles. The number of ether oxygens (including phenoxy) is 1. The first-order valence-corrected chi connectivity index (χ1v) is 20.6. The predicted molar refractivity (Wildman–Crippen MR) is 181 cm³/mol. The number of imidazole rings is 1. The number of anilines is 1. The quantitative estimate of drug-likeness (QED) is 0.0161. The standard InChI is InChI=1S/C24H40N7O19P3S/c1-13(48-36)8-46-54-7-6-26-15(32)4-5-27-22(35)19(34)24(2,3)10-45-53(42,43)50-52(40,41)44-9-14-18(49-51(37,38)39)17(33)23(47-14)31-12-30-16-20(25)28-11-29-21(16)31/h11-12,14,17-19,23,33-34,36H,1,4-10H2,2-3H3,(H,26,32)(H,27,35)(H,40,41)(H,42,43)(H2,25,28,29)(H2,37,38,39)/t14-,17?,18?,19+,23-/m1/s1. The monoisotopic (exact) mass is 855 g/mol. The van der Waals surface area contributed by atoms with Crippen molar-refractivity contribution in [2.75, 3.05) is 44.4 Å². The molecule has 0 bridgehead atoms. The number of nitrogen functional groups attached to an aromatic ring is 1. The fourth-order valence-corrected chi connectivity index (χ4v) is 7.71. The fraction of sp³-hybridized carbons (Fsp3) is 0.625. The Labute approximate surface area is 309 Å². The fourth-order valence-electron chi connectivity index (χ4n) is 4.36. The van der Waals surface area contributed by atoms with E-state index >= 15 is 0 Å². The second kappa shape index (κ2) is 19.5. The minimum Gasteiger partial charge on any atom is -0.386 e. The average molecular weight is 856 g/mol. The third-order valence-corrected chi connectivity index (χ3v) is 10.8. The minimum absolute atomic E-state index is 0.0110. The zero-order valence-electron chi connectivity index (χ0n) is 28.3. The lowest BCUT2D eigenvalue weighted by atomic mass is 9.87. The summed E-state index contributed by atoms with van der Waals surface area (Å²) in [7, 11) is -16.4. The molecule has 0 aliphatic carbocycles. The van der Waals surface area contributed by atoms with Crippen molar-refractivity contribution in [2.24, 2.45) is 5.41 Å². The Hall–Kier alpha value is -2.65. The molecule has 1 aliphatic heterocycles. The number of amides is 2. The smallest absolute Gasteiger partial charge is 0.386 e. The van der Waals surface area contributed by atoms with Gasteiger partial charge in [0, 0.05) is 30.7 Å². The molecule has 0 radical (unpaired) electrons. The average Bonchev–Trinajstić information content (AvgIpc) is 3.64. The summed E-state index contributed by atoms with van der Waals surface area (Å²) in [5.41, 5.74) is 4.24. The normalized spacial score (nSPS) is 21.9. The SMILES string of the molecule is C=C(COSCCNC(=O)CCNC(=O)[C@H](O)C(C)(C)COP(=O)(O)OP(=O)(O)OC[C@H]1O[C@@H](n2cnc3c(N)ncnc32)C(O)C1OP(=O)(O)O)OO. The van der Waals surface area contributed by atoms with Crippen LogP contribution >= 0.6 is 35.5 Å². The van der Waals surface area contributed by atoms with Gasteiger partial charge in [-0.1, -0.05) is 20.4 Å². The van der Waals surface area contributed by atoms with E-state index in [1.54, 1.807) is 0 Å². The highest BCUT2D eigenvalue weighted by atomic mass is 32.2. The lowest BCUT2D eigenvalue weighted by molar-refractivity contribution is -0.207. The number of carbonyl (C=O) groups is 2. The van der Waals surface area contributed by atoms with Crippen LogP contribution in [0, 0.1) is 5.41 Å². The molecule has 306 valence electrons. The van der Waals surface area contributed by atoms with Crippen LogP contribution in [0.25, 0.3) is 11.2 Å². The molecule has 2 aromatic rings. The maximum atomic E-state index is 12.6. The van der Waals surface area contributed by atoms with E-state index in [9.17, 15) is 53.1 Å². The van der Waals surface area contributed by atoms with Crippen molar-refractivity contribution in [3.05, 3.63) is 25.0 Å². The zero-order chi connectivity index (χ0) is 40.5. The summed E-state index contributed by atoms with van der Waals surface area (Å²) < 4.78 is 67.0. The van der Waals surface area contributed by atoms with Crippen molar-refractivity contribution in [1.29, 1.82) is 0 Å². The number of hydrogen-bond acceptors (Lipinski definition) is 20. The van der Waals surface area contributed by atoms with Crippen LogP contribution in [0.1, 0.15) is 26.5 Å². The largest absolute Gasteiger partial charge is 0.481 e. The number of fused-ring (bicyclic) bond motifs is 1. The summed E-state index contributed by atoms with van der Waals surface area (Å²) in [5.74, 6) is -1.15. The van der Waals surface area contributed by atoms with Gasteiger partial charge in [0.15, 0.2) is 23.5 Å². The second-order valence-corrected chi connectivity index (χ2v) is 16.9. The summed E-state index contributed by atoms with van der Waals surface area (Å²) in [5, 5.41) is 34.6. The number of nitrogens with zero attached hydrogens (tertiary/aromatic N) is 4. The van der Waals surface area contributed by atoms with E-state index in [-0.39, 0.29) is 48.9 Å². The summed E-state index contributed by atoms with van der Waals surface area (Å²) >= 11 is 0.978. The first-order chi connectivity index (χ1) is 25.1. The van der Waals surface area contributed by atoms with Crippen molar-refractivity contribution < 1.29 is 90.0 Å². The van der Waals surface area contributed by atoms with Crippen molar-refractivity contribution in [1.82, 2.24) is 30.2 Å². The Bertz CT molecular complexity index is 1760. The maximum Gasteiger partial charge on any atom is 0.481 e. The third-order valence-electron chi connectivity index (χ3n) is 7.02. The number of aromatic nitrogens is 4. The number of carbonyl (C=O) groups excluding carboxylic acids is 2. The van der Waals surface area contributed by atoms with Crippen molar-refractivity contribution in [2.45, 2.75) is 50.9 Å². The number of phosphoric ester groups is 3. The van der Waals surface area contributed by atoms with Crippen LogP contribution in [0.2, 0.25) is 0 Å². The minimum atomic E-state index is -5.57. The Kier molecular flexibility index (Phi) is 16.5. The number of phosphoric acid groups is 3. The summed E-state index contributed by atoms with van der Waals surface area (Å²) in [6.45, 7) is 3.72. The van der Waals surface area contributed by atoms with E-state index in [1.807, 2.05) is 0 Å². The highest BCUT2D eigenvalue weighted by molar-refractivity contribution is 7.94. The van der Waals surface area contributed by atoms with Gasteiger partial charge in [-0.25, -0.2) is 33.9 Å². The molecule has 1 fully saturated rings. The van der Waals surface area contributed by atoms with E-state index in [2.05, 4.69) is 45.9 Å². The van der Waals surface area contributed by atoms with E-state index < -0.39 is 84.6 Å². The summed E-state index contributed by atoms with van der Waals surface area (Å²) in [4.78, 5) is 79.1. The molecule has 7 atom stereocenters. The number of rotatable bonds is 23. The van der Waals surface area contributed by atoms with E-state index in [0.717, 1.165) is 29.3 Å². The Morgan fingerprint density at radius 3 is 2.46 bits per heavy atom. The maximum absolute atomic E-state index is 12.6. The van der Waals surface area contributed by atoms with Crippen LogP contribution < -0.4 is 16.4 Å². The van der Waals surface area contributed by atoms with Crippen LogP contribution in [-0.2, 0) is 55.0 Å². The van der Waals surface area contributed by atoms with Crippen LogP contribution in [0.4, 0.5) is 5.82 Å². The molecular weight excluding hydrogens is 815 g/mol. The van der Waals surface area contributed by atoms with Crippen LogP contribution in [0.15, 0.2) is 25.0 Å². The van der Waals surface area contributed by atoms with Gasteiger partial charge >= 0.3 is 23.5 Å². The third kappa shape index (κ3) is 13.8. The van der Waals surface area contributed by atoms with Gasteiger partial charge in [-0.3, -0.25) is 27.7 Å². The van der Waals surface area contributed by atoms with Gasteiger partial charge in [0.05, 0.1) is 19.5 Å². The Morgan fingerprint density at radius 1 is 1.11 bits per heavy atom. The van der Waals surface area contributed by atoms with Gasteiger partial charge in [0.2, 0.25) is 11.8 Å². The Morgan fingerprint density at radius 2 is 1.80 bits per heavy atom. The molecule has 0 saturated carbocycles. The molecule has 0 spiro atoms. The van der Waals surface area contributed by atoms with Crippen molar-refractivity contribution in [3.63, 3.8) is 0 Å². The van der Waals surface area contributed by atoms with Gasteiger partial charge in [0.25, 0.3) is 0 Å². The number of nitrogens with two attached hydrogens (primary N) is 1. The van der Waals surface area contributed by atoms with Gasteiger partial charge in [0.1, 0.15) is 42.9 Å². The van der Waals surface area contributed by atoms with Gasteiger partial charge in [-0.05, 0) is 12.0 Å². The molecule has 2 aromatic heterocycles. The molecule has 2 amide bonds. The molecule has 1 aliphatic rings. The van der Waals surface area contributed by atoms with Crippen LogP contribution in [-0.4, -0.2) is 129 Å².